The molecule has 21 heavy (non-hydrogen) atoms. The molecule has 0 aliphatic heterocycles. The van der Waals surface area contributed by atoms with E-state index in [1.165, 1.54) is 4.68 Å². The Morgan fingerprint density at radius 3 is 2.90 bits per heavy atom. The standard InChI is InChI=1S/C13H17BrN6O/c1-9(2)15-6-11-7-20(19-18-11)8-13(21)17-12-4-3-10(14)5-16-12/h3-5,7,9,15H,6,8H2,1-2H3,(H,16,17,21). The van der Waals surface area contributed by atoms with E-state index < -0.39 is 0 Å². The molecule has 8 heteroatoms. The Balaban J connectivity index is 1.86. The third-order valence-electron chi connectivity index (χ3n) is 2.58. The number of carbonyl (C=O) groups excluding carboxylic acids is 1. The van der Waals surface area contributed by atoms with Crippen molar-refractivity contribution in [3.8, 4) is 0 Å². The molecule has 0 saturated carbocycles. The summed E-state index contributed by atoms with van der Waals surface area (Å²) < 4.78 is 2.37. The van der Waals surface area contributed by atoms with Gasteiger partial charge in [0.25, 0.3) is 0 Å². The monoisotopic (exact) mass is 352 g/mol. The van der Waals surface area contributed by atoms with Crippen LogP contribution in [0.3, 0.4) is 0 Å². The Hall–Kier alpha value is -1.80. The van der Waals surface area contributed by atoms with Crippen molar-refractivity contribution in [1.82, 2.24) is 25.3 Å². The molecule has 0 radical (unpaired) electrons. The number of hydrogen-bond acceptors (Lipinski definition) is 5. The van der Waals surface area contributed by atoms with Crippen LogP contribution in [0.2, 0.25) is 0 Å². The molecule has 1 amide bonds. The van der Waals surface area contributed by atoms with E-state index in [-0.39, 0.29) is 12.5 Å². The lowest BCUT2D eigenvalue weighted by molar-refractivity contribution is -0.116. The van der Waals surface area contributed by atoms with Gasteiger partial charge in [-0.3, -0.25) is 4.79 Å². The SMILES string of the molecule is CC(C)NCc1cn(CC(=O)Nc2ccc(Br)cn2)nn1. The van der Waals surface area contributed by atoms with Gasteiger partial charge in [0.2, 0.25) is 5.91 Å². The third kappa shape index (κ3) is 5.24. The minimum atomic E-state index is -0.196. The van der Waals surface area contributed by atoms with Crippen LogP contribution in [-0.2, 0) is 17.9 Å². The third-order valence-corrected chi connectivity index (χ3v) is 3.05. The normalized spacial score (nSPS) is 10.9. The van der Waals surface area contributed by atoms with Gasteiger partial charge in [0.15, 0.2) is 0 Å². The maximum Gasteiger partial charge on any atom is 0.247 e. The van der Waals surface area contributed by atoms with Crippen molar-refractivity contribution in [2.75, 3.05) is 5.32 Å². The first-order valence-corrected chi connectivity index (χ1v) is 7.36. The van der Waals surface area contributed by atoms with Crippen molar-refractivity contribution >= 4 is 27.7 Å². The van der Waals surface area contributed by atoms with Gasteiger partial charge in [-0.1, -0.05) is 19.1 Å². The van der Waals surface area contributed by atoms with Crippen molar-refractivity contribution in [1.29, 1.82) is 0 Å². The van der Waals surface area contributed by atoms with Crippen molar-refractivity contribution in [2.24, 2.45) is 0 Å². The van der Waals surface area contributed by atoms with Crippen molar-refractivity contribution in [3.05, 3.63) is 34.7 Å². The van der Waals surface area contributed by atoms with Crippen LogP contribution in [-0.4, -0.2) is 31.9 Å². The van der Waals surface area contributed by atoms with E-state index in [2.05, 4.69) is 55.7 Å². The summed E-state index contributed by atoms with van der Waals surface area (Å²) >= 11 is 3.29. The van der Waals surface area contributed by atoms with Crippen LogP contribution in [0.4, 0.5) is 5.82 Å². The average Bonchev–Trinajstić information content (AvgIpc) is 2.86. The zero-order valence-electron chi connectivity index (χ0n) is 11.9. The van der Waals surface area contributed by atoms with Crippen LogP contribution < -0.4 is 10.6 Å². The molecule has 2 N–H and O–H groups in total. The van der Waals surface area contributed by atoms with Gasteiger partial charge in [0.05, 0.1) is 11.9 Å². The van der Waals surface area contributed by atoms with E-state index >= 15 is 0 Å². The Morgan fingerprint density at radius 1 is 1.43 bits per heavy atom. The van der Waals surface area contributed by atoms with E-state index in [1.807, 2.05) is 6.07 Å². The highest BCUT2D eigenvalue weighted by atomic mass is 79.9. The summed E-state index contributed by atoms with van der Waals surface area (Å²) in [6.07, 6.45) is 3.38. The summed E-state index contributed by atoms with van der Waals surface area (Å²) in [4.78, 5) is 16.0. The van der Waals surface area contributed by atoms with Crippen LogP contribution in [0.1, 0.15) is 19.5 Å². The maximum absolute atomic E-state index is 11.9. The van der Waals surface area contributed by atoms with Crippen molar-refractivity contribution < 1.29 is 4.79 Å². The smallest absolute Gasteiger partial charge is 0.247 e. The lowest BCUT2D eigenvalue weighted by Gasteiger charge is -2.04. The predicted octanol–water partition coefficient (Wildman–Crippen LogP) is 1.57. The zero-order chi connectivity index (χ0) is 15.2. The summed E-state index contributed by atoms with van der Waals surface area (Å²) in [7, 11) is 0. The molecular weight excluding hydrogens is 336 g/mol. The number of anilines is 1. The molecule has 7 nitrogen and oxygen atoms in total. The molecule has 2 aromatic heterocycles. The molecule has 2 aromatic rings. The molecule has 0 unspecified atom stereocenters. The molecule has 0 fully saturated rings. The Kier molecular flexibility index (Phi) is 5.40. The maximum atomic E-state index is 11.9. The zero-order valence-corrected chi connectivity index (χ0v) is 13.5. The Bertz CT molecular complexity index is 595. The van der Waals surface area contributed by atoms with Crippen LogP contribution in [0.5, 0.6) is 0 Å². The largest absolute Gasteiger partial charge is 0.309 e. The molecular formula is C13H17BrN6O. The summed E-state index contributed by atoms with van der Waals surface area (Å²) in [6, 6.07) is 3.91. The molecule has 0 saturated heterocycles. The molecule has 0 aromatic carbocycles. The number of pyridine rings is 1. The van der Waals surface area contributed by atoms with Crippen LogP contribution in [0.15, 0.2) is 29.0 Å². The van der Waals surface area contributed by atoms with E-state index in [0.29, 0.717) is 18.4 Å². The summed E-state index contributed by atoms with van der Waals surface area (Å²) in [6.45, 7) is 4.85. The van der Waals surface area contributed by atoms with E-state index in [0.717, 1.165) is 10.2 Å². The number of amides is 1. The predicted molar refractivity (Wildman–Crippen MR) is 82.6 cm³/mol. The molecule has 0 bridgehead atoms. The fourth-order valence-electron chi connectivity index (χ4n) is 1.58. The minimum Gasteiger partial charge on any atom is -0.309 e. The highest BCUT2D eigenvalue weighted by molar-refractivity contribution is 9.10. The first-order chi connectivity index (χ1) is 10.0. The lowest BCUT2D eigenvalue weighted by Crippen LogP contribution is -2.22. The second-order valence-corrected chi connectivity index (χ2v) is 5.77. The second kappa shape index (κ2) is 7.28. The van der Waals surface area contributed by atoms with Gasteiger partial charge in [-0.15, -0.1) is 5.10 Å². The molecule has 2 heterocycles. The average molecular weight is 353 g/mol. The van der Waals surface area contributed by atoms with Crippen molar-refractivity contribution in [3.63, 3.8) is 0 Å². The van der Waals surface area contributed by atoms with Gasteiger partial charge in [-0.2, -0.15) is 0 Å². The second-order valence-electron chi connectivity index (χ2n) is 4.85. The fourth-order valence-corrected chi connectivity index (χ4v) is 1.82. The van der Waals surface area contributed by atoms with Crippen LogP contribution >= 0.6 is 15.9 Å². The van der Waals surface area contributed by atoms with Gasteiger partial charge in [0, 0.05) is 23.3 Å². The number of rotatable bonds is 6. The Morgan fingerprint density at radius 2 is 2.24 bits per heavy atom. The molecule has 2 rings (SSSR count). The first kappa shape index (κ1) is 15.6. The topological polar surface area (TPSA) is 84.7 Å². The quantitative estimate of drug-likeness (QED) is 0.824. The summed E-state index contributed by atoms with van der Waals surface area (Å²) in [5.41, 5.74) is 0.804. The Labute approximate surface area is 131 Å². The highest BCUT2D eigenvalue weighted by Gasteiger charge is 2.07. The van der Waals surface area contributed by atoms with Gasteiger partial charge in [-0.25, -0.2) is 9.67 Å². The molecule has 112 valence electrons. The van der Waals surface area contributed by atoms with Gasteiger partial charge in [0.1, 0.15) is 12.4 Å². The first-order valence-electron chi connectivity index (χ1n) is 6.57. The molecule has 0 aliphatic carbocycles. The van der Waals surface area contributed by atoms with Crippen molar-refractivity contribution in [2.45, 2.75) is 33.0 Å². The number of carbonyl (C=O) groups is 1. The van der Waals surface area contributed by atoms with E-state index in [9.17, 15) is 4.79 Å². The van der Waals surface area contributed by atoms with E-state index in [1.54, 1.807) is 18.5 Å². The number of hydrogen-bond donors (Lipinski definition) is 2. The summed E-state index contributed by atoms with van der Waals surface area (Å²) in [5, 5.41) is 13.9. The highest BCUT2D eigenvalue weighted by Crippen LogP contribution is 2.10. The van der Waals surface area contributed by atoms with Gasteiger partial charge >= 0.3 is 0 Å². The number of nitrogens with one attached hydrogen (secondary N) is 2. The van der Waals surface area contributed by atoms with E-state index in [4.69, 9.17) is 0 Å². The van der Waals surface area contributed by atoms with Gasteiger partial charge in [-0.05, 0) is 28.1 Å². The minimum absolute atomic E-state index is 0.104. The van der Waals surface area contributed by atoms with Crippen LogP contribution in [0, 0.1) is 0 Å². The molecule has 0 atom stereocenters. The van der Waals surface area contributed by atoms with Gasteiger partial charge < -0.3 is 10.6 Å². The number of halogens is 1. The molecule has 0 spiro atoms. The fraction of sp³-hybridized carbons (Fsp3) is 0.385. The van der Waals surface area contributed by atoms with Crippen LogP contribution in [0.25, 0.3) is 0 Å². The number of nitrogens with zero attached hydrogens (tertiary/aromatic N) is 4. The summed E-state index contributed by atoms with van der Waals surface area (Å²) in [5.74, 6) is 0.308. The lowest BCUT2D eigenvalue weighted by atomic mass is 10.3. The number of aromatic nitrogens is 4. The molecule has 0 aliphatic rings.